The van der Waals surface area contributed by atoms with Gasteiger partial charge in [0.1, 0.15) is 11.2 Å². The maximum Gasteiger partial charge on any atom is 0.164 e. The van der Waals surface area contributed by atoms with E-state index in [4.69, 9.17) is 19.4 Å². The Bertz CT molecular complexity index is 3950. The quantitative estimate of drug-likeness (QED) is 0.157. The highest BCUT2D eigenvalue weighted by molar-refractivity contribution is 6.26. The third-order valence-electron chi connectivity index (χ3n) is 12.9. The first-order valence-electron chi connectivity index (χ1n) is 22.0. The van der Waals surface area contributed by atoms with Crippen molar-refractivity contribution in [3.63, 3.8) is 0 Å². The molecule has 0 N–H and O–H groups in total. The summed E-state index contributed by atoms with van der Waals surface area (Å²) in [6, 6.07) is 79.3. The molecule has 0 saturated heterocycles. The topological polar surface area (TPSA) is 51.8 Å². The first kappa shape index (κ1) is 36.9. The lowest BCUT2D eigenvalue weighted by atomic mass is 9.91. The van der Waals surface area contributed by atoms with Gasteiger partial charge < -0.3 is 4.42 Å². The van der Waals surface area contributed by atoms with Crippen LogP contribution in [0.4, 0.5) is 0 Å². The molecule has 0 saturated carbocycles. The van der Waals surface area contributed by atoms with Crippen LogP contribution >= 0.6 is 0 Å². The average Bonchev–Trinajstić information content (AvgIpc) is 3.78. The van der Waals surface area contributed by atoms with Gasteiger partial charge in [-0.25, -0.2) is 15.0 Å². The number of rotatable bonds is 6. The van der Waals surface area contributed by atoms with Crippen LogP contribution < -0.4 is 0 Å². The van der Waals surface area contributed by atoms with Gasteiger partial charge in [-0.3, -0.25) is 0 Å². The van der Waals surface area contributed by atoms with Gasteiger partial charge in [-0.15, -0.1) is 0 Å². The minimum atomic E-state index is 0.620. The van der Waals surface area contributed by atoms with Crippen molar-refractivity contribution in [1.82, 2.24) is 15.0 Å². The van der Waals surface area contributed by atoms with Crippen LogP contribution in [0.1, 0.15) is 0 Å². The molecule has 4 nitrogen and oxygen atoms in total. The lowest BCUT2D eigenvalue weighted by molar-refractivity contribution is 0.674. The summed E-state index contributed by atoms with van der Waals surface area (Å²) >= 11 is 0. The number of hydrogen-bond donors (Lipinski definition) is 0. The van der Waals surface area contributed by atoms with E-state index in [1.165, 1.54) is 32.3 Å². The SMILES string of the molecule is c1ccc(-c2cccc(-c3nc(-c4ccccc4)nc(-c4ccc(-c5cc6c7cccc(-c8ccc9c%10ccccc%10c%10ccccc%10c9c8)c7oc6c6ccccc56)cc4)n3)c2)cc1. The fourth-order valence-electron chi connectivity index (χ4n) is 9.78. The molecule has 11 aromatic carbocycles. The highest BCUT2D eigenvalue weighted by Crippen LogP contribution is 2.44. The number of para-hydroxylation sites is 1. The van der Waals surface area contributed by atoms with Crippen molar-refractivity contribution in [3.05, 3.63) is 224 Å². The zero-order valence-electron chi connectivity index (χ0n) is 35.1. The Kier molecular flexibility index (Phi) is 8.50. The summed E-state index contributed by atoms with van der Waals surface area (Å²) in [5.74, 6) is 1.88. The fraction of sp³-hybridized carbons (Fsp3) is 0. The summed E-state index contributed by atoms with van der Waals surface area (Å²) in [7, 11) is 0. The van der Waals surface area contributed by atoms with Gasteiger partial charge in [-0.05, 0) is 83.7 Å². The van der Waals surface area contributed by atoms with E-state index in [9.17, 15) is 0 Å². The standard InChI is InChI=1S/C61H37N3O/c1-3-15-38(16-4-1)42-19-13-20-44(35-42)61-63-59(40-17-5-2-6-18-40)62-60(64-61)41-31-29-39(30-32-41)54-37-56-53-28-14-27-45(57(53)65-58(56)52-26-12-11-25-50(52)54)43-33-34-51-48-23-8-7-21-46(48)47-22-9-10-24-49(47)55(51)36-43/h1-37H. The number of benzene rings is 11. The number of furan rings is 1. The van der Waals surface area contributed by atoms with Crippen LogP contribution in [0.5, 0.6) is 0 Å². The lowest BCUT2D eigenvalue weighted by Gasteiger charge is -2.12. The van der Waals surface area contributed by atoms with Gasteiger partial charge in [0.15, 0.2) is 17.5 Å². The van der Waals surface area contributed by atoms with E-state index >= 15 is 0 Å². The zero-order chi connectivity index (χ0) is 42.8. The Morgan fingerprint density at radius 2 is 0.662 bits per heavy atom. The van der Waals surface area contributed by atoms with Crippen molar-refractivity contribution in [2.24, 2.45) is 0 Å². The maximum atomic E-state index is 6.99. The van der Waals surface area contributed by atoms with Crippen LogP contribution in [0, 0.1) is 0 Å². The third-order valence-corrected chi connectivity index (χ3v) is 12.9. The molecule has 65 heavy (non-hydrogen) atoms. The van der Waals surface area contributed by atoms with Gasteiger partial charge in [0, 0.05) is 38.4 Å². The van der Waals surface area contributed by atoms with Crippen LogP contribution in [0.15, 0.2) is 229 Å². The molecule has 13 aromatic rings. The maximum absolute atomic E-state index is 6.99. The molecule has 0 fully saturated rings. The van der Waals surface area contributed by atoms with Crippen molar-refractivity contribution in [3.8, 4) is 67.5 Å². The number of fused-ring (bicyclic) bond motifs is 11. The predicted octanol–water partition coefficient (Wildman–Crippen LogP) is 16.4. The third kappa shape index (κ3) is 6.18. The molecule has 0 spiro atoms. The van der Waals surface area contributed by atoms with Gasteiger partial charge in [-0.2, -0.15) is 0 Å². The number of nitrogens with zero attached hydrogens (tertiary/aromatic N) is 3. The lowest BCUT2D eigenvalue weighted by Crippen LogP contribution is -2.00. The molecule has 302 valence electrons. The van der Waals surface area contributed by atoms with E-state index in [-0.39, 0.29) is 0 Å². The normalized spacial score (nSPS) is 11.7. The monoisotopic (exact) mass is 827 g/mol. The summed E-state index contributed by atoms with van der Waals surface area (Å²) in [5, 5.41) is 11.9. The van der Waals surface area contributed by atoms with Crippen LogP contribution in [0.3, 0.4) is 0 Å². The molecule has 0 bridgehead atoms. The first-order valence-corrected chi connectivity index (χ1v) is 22.0. The molecule has 0 aliphatic heterocycles. The van der Waals surface area contributed by atoms with E-state index in [0.717, 1.165) is 82.8 Å². The second-order valence-corrected chi connectivity index (χ2v) is 16.7. The summed E-state index contributed by atoms with van der Waals surface area (Å²) < 4.78 is 6.99. The highest BCUT2D eigenvalue weighted by Gasteiger charge is 2.19. The Morgan fingerprint density at radius 3 is 1.34 bits per heavy atom. The molecule has 0 unspecified atom stereocenters. The van der Waals surface area contributed by atoms with E-state index in [1.807, 2.05) is 36.4 Å². The van der Waals surface area contributed by atoms with E-state index in [1.54, 1.807) is 0 Å². The van der Waals surface area contributed by atoms with Crippen molar-refractivity contribution in [2.75, 3.05) is 0 Å². The second kappa shape index (κ2) is 15.0. The molecule has 13 rings (SSSR count). The van der Waals surface area contributed by atoms with Gasteiger partial charge in [0.05, 0.1) is 0 Å². The molecular weight excluding hydrogens is 791 g/mol. The van der Waals surface area contributed by atoms with Crippen molar-refractivity contribution in [2.45, 2.75) is 0 Å². The van der Waals surface area contributed by atoms with Crippen LogP contribution in [-0.2, 0) is 0 Å². The molecule has 0 radical (unpaired) electrons. The summed E-state index contributed by atoms with van der Waals surface area (Å²) in [6.45, 7) is 0. The molecule has 0 aliphatic carbocycles. The summed E-state index contributed by atoms with van der Waals surface area (Å²) in [4.78, 5) is 15.2. The van der Waals surface area contributed by atoms with Crippen LogP contribution in [-0.4, -0.2) is 15.0 Å². The molecule has 2 aromatic heterocycles. The van der Waals surface area contributed by atoms with E-state index < -0.39 is 0 Å². The Hall–Kier alpha value is -8.73. The second-order valence-electron chi connectivity index (χ2n) is 16.7. The van der Waals surface area contributed by atoms with Crippen LogP contribution in [0.2, 0.25) is 0 Å². The molecule has 2 heterocycles. The molecule has 0 atom stereocenters. The van der Waals surface area contributed by atoms with E-state index in [0.29, 0.717) is 17.5 Å². The van der Waals surface area contributed by atoms with Crippen molar-refractivity contribution >= 4 is 65.0 Å². The first-order chi connectivity index (χ1) is 32.2. The molecule has 4 heteroatoms. The van der Waals surface area contributed by atoms with Gasteiger partial charge >= 0.3 is 0 Å². The fourth-order valence-corrected chi connectivity index (χ4v) is 9.78. The van der Waals surface area contributed by atoms with Crippen LogP contribution in [0.25, 0.3) is 133 Å². The highest BCUT2D eigenvalue weighted by atomic mass is 16.3. The summed E-state index contributed by atoms with van der Waals surface area (Å²) in [5.41, 5.74) is 11.2. The van der Waals surface area contributed by atoms with E-state index in [2.05, 4.69) is 188 Å². The zero-order valence-corrected chi connectivity index (χ0v) is 35.1. The minimum Gasteiger partial charge on any atom is -0.455 e. The smallest absolute Gasteiger partial charge is 0.164 e. The molecular formula is C61H37N3O. The van der Waals surface area contributed by atoms with Gasteiger partial charge in [-0.1, -0.05) is 206 Å². The Balaban J connectivity index is 0.928. The Labute approximate surface area is 374 Å². The number of hydrogen-bond acceptors (Lipinski definition) is 4. The Morgan fingerprint density at radius 1 is 0.215 bits per heavy atom. The van der Waals surface area contributed by atoms with Crippen molar-refractivity contribution < 1.29 is 4.42 Å². The predicted molar refractivity (Wildman–Crippen MR) is 270 cm³/mol. The largest absolute Gasteiger partial charge is 0.455 e. The number of aromatic nitrogens is 3. The van der Waals surface area contributed by atoms with Gasteiger partial charge in [0.25, 0.3) is 0 Å². The molecule has 0 amide bonds. The van der Waals surface area contributed by atoms with Crippen molar-refractivity contribution in [1.29, 1.82) is 0 Å². The molecule has 0 aliphatic rings. The summed E-state index contributed by atoms with van der Waals surface area (Å²) in [6.07, 6.45) is 0. The average molecular weight is 828 g/mol. The van der Waals surface area contributed by atoms with Gasteiger partial charge in [0.2, 0.25) is 0 Å². The minimum absolute atomic E-state index is 0.620.